The van der Waals surface area contributed by atoms with Gasteiger partial charge in [0.15, 0.2) is 5.65 Å². The number of rotatable bonds is 5. The lowest BCUT2D eigenvalue weighted by molar-refractivity contribution is 0.415. The van der Waals surface area contributed by atoms with Crippen LogP contribution in [0.5, 0.6) is 5.75 Å². The van der Waals surface area contributed by atoms with Crippen LogP contribution < -0.4 is 10.1 Å². The van der Waals surface area contributed by atoms with Gasteiger partial charge in [0.1, 0.15) is 11.6 Å². The van der Waals surface area contributed by atoms with Gasteiger partial charge < -0.3 is 10.1 Å². The van der Waals surface area contributed by atoms with Crippen molar-refractivity contribution in [3.05, 3.63) is 79.1 Å². The van der Waals surface area contributed by atoms with Crippen LogP contribution in [-0.4, -0.2) is 21.7 Å². The van der Waals surface area contributed by atoms with Gasteiger partial charge in [0.05, 0.1) is 13.3 Å². The summed E-state index contributed by atoms with van der Waals surface area (Å²) in [5, 5.41) is 7.75. The first-order valence-electron chi connectivity index (χ1n) is 8.66. The van der Waals surface area contributed by atoms with Gasteiger partial charge in [0.2, 0.25) is 0 Å². The minimum Gasteiger partial charge on any atom is -0.497 e. The molecule has 0 amide bonds. The van der Waals surface area contributed by atoms with E-state index >= 15 is 0 Å². The average Bonchev–Trinajstić information content (AvgIpc) is 3.12. The fourth-order valence-electron chi connectivity index (χ4n) is 2.92. The molecule has 4 rings (SSSR count). The summed E-state index contributed by atoms with van der Waals surface area (Å²) in [6.07, 6.45) is 3.75. The summed E-state index contributed by atoms with van der Waals surface area (Å²) >= 11 is 0. The number of nitrogens with one attached hydrogen (secondary N) is 1. The molecule has 0 saturated heterocycles. The number of fused-ring (bicyclic) bond motifs is 1. The molecule has 0 aliphatic rings. The van der Waals surface area contributed by atoms with Crippen molar-refractivity contribution < 1.29 is 4.74 Å². The lowest BCUT2D eigenvalue weighted by Crippen LogP contribution is -1.97. The quantitative estimate of drug-likeness (QED) is 0.535. The van der Waals surface area contributed by atoms with Gasteiger partial charge in [-0.05, 0) is 54.4 Å². The van der Waals surface area contributed by atoms with Crippen molar-refractivity contribution in [2.24, 2.45) is 0 Å². The van der Waals surface area contributed by atoms with Crippen LogP contribution in [0.25, 0.3) is 22.3 Å². The molecule has 2 aromatic heterocycles. The SMILES string of the molecule is C=C(C)c1cccc(-c2cnn3ccc(Nc4ccc(OC)cc4)nc23)c1. The summed E-state index contributed by atoms with van der Waals surface area (Å²) in [5.74, 6) is 1.57. The molecule has 27 heavy (non-hydrogen) atoms. The molecule has 0 unspecified atom stereocenters. The molecule has 134 valence electrons. The topological polar surface area (TPSA) is 51.5 Å². The number of hydrogen-bond donors (Lipinski definition) is 1. The van der Waals surface area contributed by atoms with E-state index in [0.29, 0.717) is 0 Å². The Balaban J connectivity index is 1.70. The van der Waals surface area contributed by atoms with E-state index in [1.54, 1.807) is 11.6 Å². The summed E-state index contributed by atoms with van der Waals surface area (Å²) in [6, 6.07) is 17.9. The normalized spacial score (nSPS) is 10.7. The van der Waals surface area contributed by atoms with Crippen LogP contribution in [0.15, 0.2) is 73.6 Å². The first-order chi connectivity index (χ1) is 13.1. The van der Waals surface area contributed by atoms with Crippen LogP contribution in [0.3, 0.4) is 0 Å². The highest BCUT2D eigenvalue weighted by Gasteiger charge is 2.10. The Bertz CT molecular complexity index is 1110. The molecule has 0 spiro atoms. The van der Waals surface area contributed by atoms with Crippen molar-refractivity contribution in [2.75, 3.05) is 12.4 Å². The maximum absolute atomic E-state index is 5.20. The Morgan fingerprint density at radius 2 is 1.93 bits per heavy atom. The zero-order valence-electron chi connectivity index (χ0n) is 15.3. The number of benzene rings is 2. The average molecular weight is 356 g/mol. The van der Waals surface area contributed by atoms with Crippen LogP contribution in [0.4, 0.5) is 11.5 Å². The molecular weight excluding hydrogens is 336 g/mol. The second kappa shape index (κ2) is 6.96. The minimum absolute atomic E-state index is 0.755. The van der Waals surface area contributed by atoms with E-state index < -0.39 is 0 Å². The van der Waals surface area contributed by atoms with Gasteiger partial charge in [-0.15, -0.1) is 0 Å². The molecule has 5 nitrogen and oxygen atoms in total. The van der Waals surface area contributed by atoms with Gasteiger partial charge in [0.25, 0.3) is 0 Å². The fraction of sp³-hybridized carbons (Fsp3) is 0.0909. The van der Waals surface area contributed by atoms with Crippen LogP contribution >= 0.6 is 0 Å². The Labute approximate surface area is 158 Å². The lowest BCUT2D eigenvalue weighted by Gasteiger charge is -2.08. The highest BCUT2D eigenvalue weighted by Crippen LogP contribution is 2.27. The predicted octanol–water partition coefficient (Wildman–Crippen LogP) is 5.18. The molecule has 0 aliphatic heterocycles. The molecule has 5 heteroatoms. The highest BCUT2D eigenvalue weighted by atomic mass is 16.5. The Hall–Kier alpha value is -3.60. The lowest BCUT2D eigenvalue weighted by atomic mass is 10.0. The van der Waals surface area contributed by atoms with Gasteiger partial charge in [0, 0.05) is 17.4 Å². The third-order valence-corrected chi connectivity index (χ3v) is 4.40. The summed E-state index contributed by atoms with van der Waals surface area (Å²) in [7, 11) is 1.65. The van der Waals surface area contributed by atoms with Crippen molar-refractivity contribution in [3.63, 3.8) is 0 Å². The zero-order chi connectivity index (χ0) is 18.8. The number of allylic oxidation sites excluding steroid dienone is 1. The molecule has 0 radical (unpaired) electrons. The van der Waals surface area contributed by atoms with E-state index in [2.05, 4.69) is 35.2 Å². The van der Waals surface area contributed by atoms with Gasteiger partial charge in [-0.3, -0.25) is 0 Å². The van der Waals surface area contributed by atoms with Crippen molar-refractivity contribution >= 4 is 22.7 Å². The number of aromatic nitrogens is 3. The van der Waals surface area contributed by atoms with Gasteiger partial charge >= 0.3 is 0 Å². The zero-order valence-corrected chi connectivity index (χ0v) is 15.3. The summed E-state index contributed by atoms with van der Waals surface area (Å²) in [5.41, 5.74) is 5.93. The molecule has 0 aliphatic carbocycles. The first kappa shape index (κ1) is 16.8. The highest BCUT2D eigenvalue weighted by molar-refractivity contribution is 5.80. The van der Waals surface area contributed by atoms with Gasteiger partial charge in [-0.25, -0.2) is 9.50 Å². The third kappa shape index (κ3) is 3.40. The van der Waals surface area contributed by atoms with Crippen molar-refractivity contribution in [3.8, 4) is 16.9 Å². The van der Waals surface area contributed by atoms with E-state index in [4.69, 9.17) is 9.72 Å². The second-order valence-corrected chi connectivity index (χ2v) is 6.35. The van der Waals surface area contributed by atoms with Crippen LogP contribution in [0.1, 0.15) is 12.5 Å². The Morgan fingerprint density at radius 3 is 2.67 bits per heavy atom. The fourth-order valence-corrected chi connectivity index (χ4v) is 2.92. The molecular formula is C22H20N4O. The summed E-state index contributed by atoms with van der Waals surface area (Å²) < 4.78 is 6.98. The smallest absolute Gasteiger partial charge is 0.165 e. The molecule has 1 N–H and O–H groups in total. The van der Waals surface area contributed by atoms with Crippen molar-refractivity contribution in [2.45, 2.75) is 6.92 Å². The molecule has 0 saturated carbocycles. The summed E-state index contributed by atoms with van der Waals surface area (Å²) in [4.78, 5) is 4.76. The molecule has 0 fully saturated rings. The van der Waals surface area contributed by atoms with E-state index in [9.17, 15) is 0 Å². The predicted molar refractivity (Wildman–Crippen MR) is 109 cm³/mol. The largest absolute Gasteiger partial charge is 0.497 e. The van der Waals surface area contributed by atoms with Crippen LogP contribution in [0, 0.1) is 0 Å². The number of hydrogen-bond acceptors (Lipinski definition) is 4. The molecule has 2 aromatic carbocycles. The van der Waals surface area contributed by atoms with Gasteiger partial charge in [-0.1, -0.05) is 30.4 Å². The maximum Gasteiger partial charge on any atom is 0.165 e. The third-order valence-electron chi connectivity index (χ3n) is 4.40. The molecule has 0 atom stereocenters. The van der Waals surface area contributed by atoms with Crippen molar-refractivity contribution in [1.29, 1.82) is 0 Å². The molecule has 2 heterocycles. The standard InChI is InChI=1S/C22H20N4O/c1-15(2)16-5-4-6-17(13-16)20-14-23-26-12-11-21(25-22(20)26)24-18-7-9-19(27-3)10-8-18/h4-14H,1H2,2-3H3,(H,24,25). The van der Waals surface area contributed by atoms with Crippen molar-refractivity contribution in [1.82, 2.24) is 14.6 Å². The number of nitrogens with zero attached hydrogens (tertiary/aromatic N) is 3. The molecule has 0 bridgehead atoms. The summed E-state index contributed by atoms with van der Waals surface area (Å²) in [6.45, 7) is 6.03. The number of anilines is 2. The number of methoxy groups -OCH3 is 1. The van der Waals surface area contributed by atoms with Gasteiger partial charge in [-0.2, -0.15) is 5.10 Å². The Morgan fingerprint density at radius 1 is 1.11 bits per heavy atom. The van der Waals surface area contributed by atoms with E-state index in [0.717, 1.165) is 45.2 Å². The Kier molecular flexibility index (Phi) is 4.34. The minimum atomic E-state index is 0.755. The second-order valence-electron chi connectivity index (χ2n) is 6.35. The number of ether oxygens (including phenoxy) is 1. The maximum atomic E-state index is 5.20. The van der Waals surface area contributed by atoms with E-state index in [1.807, 2.05) is 55.7 Å². The van der Waals surface area contributed by atoms with Crippen LogP contribution in [0.2, 0.25) is 0 Å². The van der Waals surface area contributed by atoms with E-state index in [1.165, 1.54) is 0 Å². The van der Waals surface area contributed by atoms with Crippen LogP contribution in [-0.2, 0) is 0 Å². The first-order valence-corrected chi connectivity index (χ1v) is 8.66. The van der Waals surface area contributed by atoms with E-state index in [-0.39, 0.29) is 0 Å². The monoisotopic (exact) mass is 356 g/mol. The molecule has 4 aromatic rings.